The van der Waals surface area contributed by atoms with Gasteiger partial charge in [0.1, 0.15) is 0 Å². The van der Waals surface area contributed by atoms with E-state index in [4.69, 9.17) is 14.2 Å². The molecule has 6 nitrogen and oxygen atoms in total. The van der Waals surface area contributed by atoms with Gasteiger partial charge in [0, 0.05) is 11.6 Å². The number of rotatable bonds is 7. The zero-order chi connectivity index (χ0) is 21.0. The summed E-state index contributed by atoms with van der Waals surface area (Å²) in [6.07, 6.45) is 2.65. The van der Waals surface area contributed by atoms with Gasteiger partial charge in [0.05, 0.1) is 12.6 Å². The van der Waals surface area contributed by atoms with Crippen LogP contribution in [0.15, 0.2) is 42.5 Å². The molecule has 1 aliphatic rings. The number of methoxy groups -OCH3 is 1. The van der Waals surface area contributed by atoms with Crippen LogP contribution in [0.4, 0.5) is 8.78 Å². The molecule has 8 heteroatoms. The quantitative estimate of drug-likeness (QED) is 0.703. The van der Waals surface area contributed by atoms with Gasteiger partial charge in [-0.3, -0.25) is 4.79 Å². The number of halogens is 2. The van der Waals surface area contributed by atoms with Crippen LogP contribution in [0.25, 0.3) is 6.08 Å². The first-order valence-corrected chi connectivity index (χ1v) is 8.82. The van der Waals surface area contributed by atoms with Crippen molar-refractivity contribution >= 4 is 12.0 Å². The normalized spacial score (nSPS) is 13.0. The van der Waals surface area contributed by atoms with Gasteiger partial charge in [0.25, 0.3) is 0 Å². The first kappa shape index (κ1) is 20.4. The lowest BCUT2D eigenvalue weighted by Crippen LogP contribution is -2.40. The molecule has 0 saturated heterocycles. The van der Waals surface area contributed by atoms with Gasteiger partial charge < -0.3 is 24.3 Å². The third kappa shape index (κ3) is 4.77. The molecule has 0 aromatic heterocycles. The van der Waals surface area contributed by atoms with Crippen molar-refractivity contribution < 1.29 is 32.5 Å². The third-order valence-corrected chi connectivity index (χ3v) is 4.38. The lowest BCUT2D eigenvalue weighted by Gasteiger charge is -2.26. The number of ether oxygens (including phenoxy) is 4. The van der Waals surface area contributed by atoms with Gasteiger partial charge >= 0.3 is 6.61 Å². The average Bonchev–Trinajstić information content (AvgIpc) is 3.14. The minimum atomic E-state index is -3.02. The van der Waals surface area contributed by atoms with Crippen molar-refractivity contribution in [3.8, 4) is 23.0 Å². The maximum Gasteiger partial charge on any atom is 0.387 e. The van der Waals surface area contributed by atoms with Gasteiger partial charge in [-0.15, -0.1) is 0 Å². The van der Waals surface area contributed by atoms with Gasteiger partial charge in [0.15, 0.2) is 23.0 Å². The minimum Gasteiger partial charge on any atom is -0.493 e. The fourth-order valence-electron chi connectivity index (χ4n) is 2.91. The molecule has 1 amide bonds. The van der Waals surface area contributed by atoms with E-state index in [1.807, 2.05) is 26.0 Å². The molecule has 1 heterocycles. The Morgan fingerprint density at radius 3 is 2.69 bits per heavy atom. The Morgan fingerprint density at radius 2 is 1.97 bits per heavy atom. The number of carbonyl (C=O) groups is 1. The largest absolute Gasteiger partial charge is 0.493 e. The monoisotopic (exact) mass is 405 g/mol. The van der Waals surface area contributed by atoms with E-state index >= 15 is 0 Å². The second kappa shape index (κ2) is 8.38. The van der Waals surface area contributed by atoms with Crippen LogP contribution in [-0.4, -0.2) is 26.4 Å². The standard InChI is InChI=1S/C21H21F2NO5/c1-21(2,14-8-9-15-17(11-14)28-12-27-15)24-18(25)10-7-13-5-4-6-16(26-3)19(13)29-20(22)23/h4-11,20H,12H2,1-3H3,(H,24,25)/b10-7+. The fourth-order valence-corrected chi connectivity index (χ4v) is 2.91. The molecule has 0 bridgehead atoms. The molecule has 2 aromatic rings. The van der Waals surface area contributed by atoms with E-state index in [0.29, 0.717) is 17.1 Å². The van der Waals surface area contributed by atoms with Gasteiger partial charge in [-0.05, 0) is 43.7 Å². The highest BCUT2D eigenvalue weighted by atomic mass is 19.3. The van der Waals surface area contributed by atoms with Crippen molar-refractivity contribution in [2.45, 2.75) is 26.0 Å². The average molecular weight is 405 g/mol. The van der Waals surface area contributed by atoms with Crippen LogP contribution in [0, 0.1) is 0 Å². The van der Waals surface area contributed by atoms with Crippen molar-refractivity contribution in [2.24, 2.45) is 0 Å². The van der Waals surface area contributed by atoms with Crippen molar-refractivity contribution in [3.63, 3.8) is 0 Å². The van der Waals surface area contributed by atoms with Gasteiger partial charge in [0.2, 0.25) is 12.7 Å². The van der Waals surface area contributed by atoms with Crippen molar-refractivity contribution in [3.05, 3.63) is 53.6 Å². The lowest BCUT2D eigenvalue weighted by molar-refractivity contribution is -0.118. The number of hydrogen-bond acceptors (Lipinski definition) is 5. The summed E-state index contributed by atoms with van der Waals surface area (Å²) in [6, 6.07) is 10.1. The summed E-state index contributed by atoms with van der Waals surface area (Å²) in [4.78, 5) is 12.5. The van der Waals surface area contributed by atoms with Gasteiger partial charge in [-0.2, -0.15) is 8.78 Å². The SMILES string of the molecule is COc1cccc(/C=C/C(=O)NC(C)(C)c2ccc3c(c2)OCO3)c1OC(F)F. The number of para-hydroxylation sites is 1. The number of fused-ring (bicyclic) bond motifs is 1. The van der Waals surface area contributed by atoms with Crippen LogP contribution in [0.2, 0.25) is 0 Å². The van der Waals surface area contributed by atoms with Crippen LogP contribution in [-0.2, 0) is 10.3 Å². The number of amides is 1. The Balaban J connectivity index is 1.76. The molecule has 2 aromatic carbocycles. The maximum absolute atomic E-state index is 12.7. The summed E-state index contributed by atoms with van der Waals surface area (Å²) < 4.78 is 45.7. The molecule has 29 heavy (non-hydrogen) atoms. The van der Waals surface area contributed by atoms with Crippen LogP contribution in [0.1, 0.15) is 25.0 Å². The summed E-state index contributed by atoms with van der Waals surface area (Å²) in [7, 11) is 1.35. The summed E-state index contributed by atoms with van der Waals surface area (Å²) in [5.41, 5.74) is 0.409. The molecule has 0 aliphatic carbocycles. The Morgan fingerprint density at radius 1 is 1.21 bits per heavy atom. The molecular formula is C21H21F2NO5. The summed E-state index contributed by atoms with van der Waals surface area (Å²) in [6.45, 7) is 0.829. The van der Waals surface area contributed by atoms with E-state index in [1.165, 1.54) is 25.3 Å². The number of benzene rings is 2. The van der Waals surface area contributed by atoms with E-state index in [1.54, 1.807) is 18.2 Å². The Bertz CT molecular complexity index is 927. The molecule has 0 atom stereocenters. The van der Waals surface area contributed by atoms with Crippen molar-refractivity contribution in [1.82, 2.24) is 5.32 Å². The summed E-state index contributed by atoms with van der Waals surface area (Å²) in [5, 5.41) is 2.88. The van der Waals surface area contributed by atoms with Crippen LogP contribution < -0.4 is 24.3 Å². The minimum absolute atomic E-state index is 0.135. The van der Waals surface area contributed by atoms with E-state index in [2.05, 4.69) is 10.1 Å². The highest BCUT2D eigenvalue weighted by Crippen LogP contribution is 2.36. The number of hydrogen-bond donors (Lipinski definition) is 1. The molecule has 0 spiro atoms. The summed E-state index contributed by atoms with van der Waals surface area (Å²) in [5.74, 6) is 0.877. The van der Waals surface area contributed by atoms with Crippen LogP contribution in [0.3, 0.4) is 0 Å². The fraction of sp³-hybridized carbons (Fsp3) is 0.286. The van der Waals surface area contributed by atoms with Gasteiger partial charge in [-0.1, -0.05) is 18.2 Å². The number of carbonyl (C=O) groups excluding carboxylic acids is 1. The molecule has 0 saturated carbocycles. The number of alkyl halides is 2. The zero-order valence-corrected chi connectivity index (χ0v) is 16.2. The molecule has 0 radical (unpaired) electrons. The topological polar surface area (TPSA) is 66.0 Å². The van der Waals surface area contributed by atoms with Crippen molar-refractivity contribution in [2.75, 3.05) is 13.9 Å². The van der Waals surface area contributed by atoms with E-state index in [0.717, 1.165) is 5.56 Å². The molecule has 0 unspecified atom stereocenters. The first-order chi connectivity index (χ1) is 13.8. The molecule has 1 aliphatic heterocycles. The van der Waals surface area contributed by atoms with E-state index < -0.39 is 18.1 Å². The third-order valence-electron chi connectivity index (χ3n) is 4.38. The summed E-state index contributed by atoms with van der Waals surface area (Å²) >= 11 is 0. The lowest BCUT2D eigenvalue weighted by atomic mass is 9.93. The predicted octanol–water partition coefficient (Wildman–Crippen LogP) is 4.09. The van der Waals surface area contributed by atoms with Gasteiger partial charge in [-0.25, -0.2) is 0 Å². The Hall–Kier alpha value is -3.29. The molecule has 154 valence electrons. The predicted molar refractivity (Wildman–Crippen MR) is 102 cm³/mol. The Labute approximate surface area is 167 Å². The maximum atomic E-state index is 12.7. The molecular weight excluding hydrogens is 384 g/mol. The van der Waals surface area contributed by atoms with E-state index in [9.17, 15) is 13.6 Å². The van der Waals surface area contributed by atoms with Crippen LogP contribution >= 0.6 is 0 Å². The van der Waals surface area contributed by atoms with Crippen molar-refractivity contribution in [1.29, 1.82) is 0 Å². The number of nitrogens with one attached hydrogen (secondary N) is 1. The molecule has 3 rings (SSSR count). The second-order valence-corrected chi connectivity index (χ2v) is 6.77. The van der Waals surface area contributed by atoms with Crippen LogP contribution in [0.5, 0.6) is 23.0 Å². The van der Waals surface area contributed by atoms with E-state index in [-0.39, 0.29) is 18.3 Å². The molecule has 0 fully saturated rings. The Kier molecular flexibility index (Phi) is 5.91. The highest BCUT2D eigenvalue weighted by molar-refractivity contribution is 5.92. The zero-order valence-electron chi connectivity index (χ0n) is 16.2. The molecule has 1 N–H and O–H groups in total. The highest BCUT2D eigenvalue weighted by Gasteiger charge is 2.25. The second-order valence-electron chi connectivity index (χ2n) is 6.77. The first-order valence-electron chi connectivity index (χ1n) is 8.82. The smallest absolute Gasteiger partial charge is 0.387 e.